The van der Waals surface area contributed by atoms with Crippen molar-refractivity contribution in [3.63, 3.8) is 0 Å². The Morgan fingerprint density at radius 2 is 2.08 bits per heavy atom. The van der Waals surface area contributed by atoms with Gasteiger partial charge in [-0.05, 0) is 19.1 Å². The van der Waals surface area contributed by atoms with E-state index in [0.717, 1.165) is 23.7 Å². The zero-order valence-electron chi connectivity index (χ0n) is 12.9. The van der Waals surface area contributed by atoms with E-state index >= 15 is 0 Å². The summed E-state index contributed by atoms with van der Waals surface area (Å²) < 4.78 is 15.7. The molecule has 0 amide bonds. The first kappa shape index (κ1) is 15.7. The maximum absolute atomic E-state index is 13.9. The van der Waals surface area contributed by atoms with Crippen LogP contribution in [0.4, 0.5) is 10.2 Å². The smallest absolute Gasteiger partial charge is 0.339 e. The number of nitrogens with zero attached hydrogens (tertiary/aromatic N) is 3. The Morgan fingerprint density at radius 1 is 1.29 bits per heavy atom. The second-order valence-corrected chi connectivity index (χ2v) is 5.21. The molecule has 0 bridgehead atoms. The molecule has 2 aromatic heterocycles. The zero-order valence-corrected chi connectivity index (χ0v) is 12.9. The average molecular weight is 326 g/mol. The molecule has 1 aromatic carbocycles. The predicted molar refractivity (Wildman–Crippen MR) is 87.9 cm³/mol. The van der Waals surface area contributed by atoms with E-state index < -0.39 is 17.3 Å². The molecule has 0 radical (unpaired) electrons. The van der Waals surface area contributed by atoms with E-state index in [1.165, 1.54) is 12.1 Å². The number of nitrogens with two attached hydrogens (primary N) is 1. The summed E-state index contributed by atoms with van der Waals surface area (Å²) in [7, 11) is 0. The summed E-state index contributed by atoms with van der Waals surface area (Å²) in [5, 5.41) is 13.5. The lowest BCUT2D eigenvalue weighted by atomic mass is 9.97. The molecule has 0 saturated carbocycles. The lowest BCUT2D eigenvalue weighted by molar-refractivity contribution is 0.0693. The highest BCUT2D eigenvalue weighted by molar-refractivity contribution is 5.98. The molecule has 0 aliphatic heterocycles. The number of pyridine rings is 1. The third-order valence-corrected chi connectivity index (χ3v) is 3.73. The molecule has 24 heavy (non-hydrogen) atoms. The van der Waals surface area contributed by atoms with Gasteiger partial charge in [-0.2, -0.15) is 5.10 Å². The van der Waals surface area contributed by atoms with Gasteiger partial charge < -0.3 is 10.8 Å². The predicted octanol–water partition coefficient (Wildman–Crippen LogP) is 3.05. The molecule has 6 nitrogen and oxygen atoms in total. The molecule has 122 valence electrons. The van der Waals surface area contributed by atoms with E-state index in [2.05, 4.69) is 10.1 Å². The summed E-state index contributed by atoms with van der Waals surface area (Å²) >= 11 is 0. The van der Waals surface area contributed by atoms with Crippen LogP contribution in [0.1, 0.15) is 17.3 Å². The topological polar surface area (TPSA) is 94.0 Å². The van der Waals surface area contributed by atoms with Crippen LogP contribution in [-0.4, -0.2) is 25.8 Å². The van der Waals surface area contributed by atoms with Crippen LogP contribution < -0.4 is 5.73 Å². The molecule has 0 fully saturated rings. The van der Waals surface area contributed by atoms with Gasteiger partial charge in [0.15, 0.2) is 0 Å². The lowest BCUT2D eigenvalue weighted by Gasteiger charge is -2.10. The molecule has 0 aliphatic carbocycles. The highest BCUT2D eigenvalue weighted by Gasteiger charge is 2.19. The molecule has 3 N–H and O–H groups in total. The highest BCUT2D eigenvalue weighted by Crippen LogP contribution is 2.32. The minimum absolute atomic E-state index is 0.134. The molecule has 0 saturated heterocycles. The number of rotatable bonds is 4. The van der Waals surface area contributed by atoms with Gasteiger partial charge >= 0.3 is 5.97 Å². The first-order valence-corrected chi connectivity index (χ1v) is 7.31. The zero-order chi connectivity index (χ0) is 17.3. The van der Waals surface area contributed by atoms with Crippen molar-refractivity contribution < 1.29 is 14.3 Å². The molecule has 0 unspecified atom stereocenters. The number of carbonyl (C=O) groups is 1. The van der Waals surface area contributed by atoms with Crippen molar-refractivity contribution in [1.29, 1.82) is 0 Å². The van der Waals surface area contributed by atoms with Gasteiger partial charge in [0.05, 0.1) is 6.20 Å². The van der Waals surface area contributed by atoms with Crippen molar-refractivity contribution in [3.8, 4) is 22.3 Å². The first-order valence-electron chi connectivity index (χ1n) is 7.31. The fourth-order valence-electron chi connectivity index (χ4n) is 2.50. The van der Waals surface area contributed by atoms with Gasteiger partial charge in [-0.1, -0.05) is 12.1 Å². The molecule has 0 spiro atoms. The number of carboxylic acids is 1. The Balaban J connectivity index is 2.17. The van der Waals surface area contributed by atoms with E-state index in [4.69, 9.17) is 5.73 Å². The van der Waals surface area contributed by atoms with E-state index in [-0.39, 0.29) is 11.4 Å². The van der Waals surface area contributed by atoms with Crippen molar-refractivity contribution in [3.05, 3.63) is 54.2 Å². The van der Waals surface area contributed by atoms with Crippen molar-refractivity contribution >= 4 is 11.8 Å². The van der Waals surface area contributed by atoms with Crippen LogP contribution in [-0.2, 0) is 6.54 Å². The van der Waals surface area contributed by atoms with Gasteiger partial charge in [0.1, 0.15) is 17.2 Å². The minimum Gasteiger partial charge on any atom is -0.478 e. The van der Waals surface area contributed by atoms with Crippen LogP contribution in [0.3, 0.4) is 0 Å². The van der Waals surface area contributed by atoms with Gasteiger partial charge in [0, 0.05) is 41.2 Å². The third-order valence-electron chi connectivity index (χ3n) is 3.73. The van der Waals surface area contributed by atoms with E-state index in [9.17, 15) is 14.3 Å². The summed E-state index contributed by atoms with van der Waals surface area (Å²) in [6.45, 7) is 2.69. The van der Waals surface area contributed by atoms with E-state index in [1.54, 1.807) is 23.1 Å². The Morgan fingerprint density at radius 3 is 2.75 bits per heavy atom. The Bertz CT molecular complexity index is 921. The van der Waals surface area contributed by atoms with Gasteiger partial charge in [-0.3, -0.25) is 4.68 Å². The second kappa shape index (κ2) is 6.11. The number of benzene rings is 1. The molecule has 2 heterocycles. The number of hydrogen-bond acceptors (Lipinski definition) is 4. The monoisotopic (exact) mass is 326 g/mol. The van der Waals surface area contributed by atoms with Crippen LogP contribution in [0, 0.1) is 5.82 Å². The highest BCUT2D eigenvalue weighted by atomic mass is 19.1. The van der Waals surface area contributed by atoms with Crippen LogP contribution >= 0.6 is 0 Å². The summed E-state index contributed by atoms with van der Waals surface area (Å²) in [5.74, 6) is -2.04. The fraction of sp³-hybridized carbons (Fsp3) is 0.118. The number of halogens is 1. The van der Waals surface area contributed by atoms with E-state index in [0.29, 0.717) is 5.56 Å². The number of aromatic nitrogens is 3. The van der Waals surface area contributed by atoms with Gasteiger partial charge in [-0.25, -0.2) is 14.2 Å². The largest absolute Gasteiger partial charge is 0.478 e. The number of aryl methyl sites for hydroxylation is 1. The summed E-state index contributed by atoms with van der Waals surface area (Å²) in [5.41, 5.74) is 7.58. The number of nitrogen functional groups attached to an aromatic ring is 1. The second-order valence-electron chi connectivity index (χ2n) is 5.21. The van der Waals surface area contributed by atoms with Crippen LogP contribution in [0.2, 0.25) is 0 Å². The molecule has 0 atom stereocenters. The molecule has 3 aromatic rings. The van der Waals surface area contributed by atoms with Gasteiger partial charge in [0.2, 0.25) is 0 Å². The van der Waals surface area contributed by atoms with E-state index in [1.807, 2.05) is 13.1 Å². The summed E-state index contributed by atoms with van der Waals surface area (Å²) in [6.07, 6.45) is 5.11. The quantitative estimate of drug-likeness (QED) is 0.768. The molecular weight excluding hydrogens is 311 g/mol. The van der Waals surface area contributed by atoms with Crippen molar-refractivity contribution in [1.82, 2.24) is 14.8 Å². The van der Waals surface area contributed by atoms with Crippen LogP contribution in [0.15, 0.2) is 42.9 Å². The summed E-state index contributed by atoms with van der Waals surface area (Å²) in [4.78, 5) is 15.5. The van der Waals surface area contributed by atoms with Gasteiger partial charge in [-0.15, -0.1) is 0 Å². The Kier molecular flexibility index (Phi) is 3.99. The number of hydrogen-bond donors (Lipinski definition) is 2. The van der Waals surface area contributed by atoms with Crippen molar-refractivity contribution in [2.75, 3.05) is 5.73 Å². The molecule has 7 heteroatoms. The van der Waals surface area contributed by atoms with Gasteiger partial charge in [0.25, 0.3) is 0 Å². The molecule has 3 rings (SSSR count). The summed E-state index contributed by atoms with van der Waals surface area (Å²) in [6, 6.07) is 5.75. The normalized spacial score (nSPS) is 10.8. The number of anilines is 1. The fourth-order valence-corrected chi connectivity index (χ4v) is 2.50. The molecule has 0 aliphatic rings. The molecular formula is C17H15FN4O2. The third kappa shape index (κ3) is 2.71. The maximum Gasteiger partial charge on any atom is 0.339 e. The van der Waals surface area contributed by atoms with Crippen LogP contribution in [0.5, 0.6) is 0 Å². The average Bonchev–Trinajstić information content (AvgIpc) is 3.04. The first-order chi connectivity index (χ1) is 11.5. The SMILES string of the molecule is CCn1cc(-c2cnc(N)c(-c3cccc(F)c3C(=O)O)c2)cn1. The number of carboxylic acid groups (broad SMARTS) is 1. The number of aromatic carboxylic acids is 1. The van der Waals surface area contributed by atoms with Crippen LogP contribution in [0.25, 0.3) is 22.3 Å². The Labute approximate surface area is 137 Å². The van der Waals surface area contributed by atoms with Crippen molar-refractivity contribution in [2.45, 2.75) is 13.5 Å². The Hall–Kier alpha value is -3.22. The maximum atomic E-state index is 13.9. The van der Waals surface area contributed by atoms with Crippen molar-refractivity contribution in [2.24, 2.45) is 0 Å². The standard InChI is InChI=1S/C17H15FN4O2/c1-2-22-9-11(8-21-22)10-6-13(16(19)20-7-10)12-4-3-5-14(18)15(12)17(23)24/h3-9H,2H2,1H3,(H2,19,20)(H,23,24). The lowest BCUT2D eigenvalue weighted by Crippen LogP contribution is -2.05. The minimum atomic E-state index is -1.35.